The molecule has 1 aromatic heterocycles. The third-order valence-electron chi connectivity index (χ3n) is 4.11. The Morgan fingerprint density at radius 3 is 2.59 bits per heavy atom. The molecule has 0 aliphatic carbocycles. The number of morpholine rings is 1. The highest BCUT2D eigenvalue weighted by Gasteiger charge is 2.18. The van der Waals surface area contributed by atoms with E-state index in [1.807, 2.05) is 6.07 Å². The van der Waals surface area contributed by atoms with Crippen LogP contribution in [0.1, 0.15) is 0 Å². The molecule has 0 atom stereocenters. The van der Waals surface area contributed by atoms with E-state index in [4.69, 9.17) is 27.9 Å². The van der Waals surface area contributed by atoms with Crippen LogP contribution in [-0.4, -0.2) is 39.7 Å². The Labute approximate surface area is 170 Å². The first kappa shape index (κ1) is 18.8. The average Bonchev–Trinajstić information content (AvgIpc) is 3.07. The molecule has 0 radical (unpaired) electrons. The van der Waals surface area contributed by atoms with Gasteiger partial charge in [-0.2, -0.15) is 0 Å². The number of sulfonamides is 1. The number of thiazole rings is 1. The molecule has 142 valence electrons. The zero-order chi connectivity index (χ0) is 19.0. The molecule has 1 fully saturated rings. The van der Waals surface area contributed by atoms with Gasteiger partial charge in [0.25, 0.3) is 10.0 Å². The van der Waals surface area contributed by atoms with Gasteiger partial charge in [0.05, 0.1) is 44.1 Å². The fourth-order valence-corrected chi connectivity index (χ4v) is 5.22. The summed E-state index contributed by atoms with van der Waals surface area (Å²) in [5.41, 5.74) is 1.30. The molecule has 4 rings (SSSR count). The maximum atomic E-state index is 12.6. The van der Waals surface area contributed by atoms with E-state index >= 15 is 0 Å². The van der Waals surface area contributed by atoms with Crippen LogP contribution in [0.4, 0.5) is 10.8 Å². The topological polar surface area (TPSA) is 71.5 Å². The first-order valence-corrected chi connectivity index (χ1v) is 11.2. The minimum Gasteiger partial charge on any atom is -0.378 e. The van der Waals surface area contributed by atoms with E-state index in [2.05, 4.69) is 14.6 Å². The van der Waals surface area contributed by atoms with Crippen molar-refractivity contribution in [2.45, 2.75) is 4.90 Å². The second kappa shape index (κ2) is 7.44. The molecule has 1 saturated heterocycles. The molecule has 0 unspecified atom stereocenters. The van der Waals surface area contributed by atoms with Gasteiger partial charge in [-0.3, -0.25) is 4.72 Å². The minimum atomic E-state index is -3.77. The quantitative estimate of drug-likeness (QED) is 0.652. The molecule has 2 aromatic carbocycles. The van der Waals surface area contributed by atoms with E-state index in [9.17, 15) is 8.42 Å². The lowest BCUT2D eigenvalue weighted by molar-refractivity contribution is 0.122. The number of ether oxygens (including phenoxy) is 1. The van der Waals surface area contributed by atoms with Crippen LogP contribution in [0.5, 0.6) is 0 Å². The van der Waals surface area contributed by atoms with Gasteiger partial charge in [-0.1, -0.05) is 34.5 Å². The normalized spacial score (nSPS) is 15.3. The van der Waals surface area contributed by atoms with E-state index in [0.29, 0.717) is 23.9 Å². The molecule has 2 heterocycles. The Morgan fingerprint density at radius 1 is 1.07 bits per heavy atom. The van der Waals surface area contributed by atoms with Crippen LogP contribution in [0, 0.1) is 0 Å². The van der Waals surface area contributed by atoms with Crippen molar-refractivity contribution in [3.05, 3.63) is 46.4 Å². The number of nitrogens with zero attached hydrogens (tertiary/aromatic N) is 2. The highest BCUT2D eigenvalue weighted by molar-refractivity contribution is 7.92. The molecule has 1 N–H and O–H groups in total. The van der Waals surface area contributed by atoms with Crippen LogP contribution in [0.25, 0.3) is 10.2 Å². The molecule has 1 aliphatic rings. The Morgan fingerprint density at radius 2 is 1.85 bits per heavy atom. The molecule has 3 aromatic rings. The third kappa shape index (κ3) is 4.00. The molecule has 0 bridgehead atoms. The van der Waals surface area contributed by atoms with Crippen LogP contribution in [0.2, 0.25) is 10.0 Å². The van der Waals surface area contributed by atoms with Gasteiger partial charge in [0.1, 0.15) is 0 Å². The first-order chi connectivity index (χ1) is 12.9. The minimum absolute atomic E-state index is 0.0512. The number of rotatable bonds is 4. The summed E-state index contributed by atoms with van der Waals surface area (Å²) in [5, 5.41) is 1.41. The van der Waals surface area contributed by atoms with Crippen molar-refractivity contribution in [1.82, 2.24) is 4.98 Å². The fourth-order valence-electron chi connectivity index (χ4n) is 2.72. The maximum Gasteiger partial charge on any atom is 0.261 e. The highest BCUT2D eigenvalue weighted by atomic mass is 35.5. The summed E-state index contributed by atoms with van der Waals surface area (Å²) in [4.78, 5) is 6.86. The van der Waals surface area contributed by atoms with Crippen LogP contribution >= 0.6 is 34.5 Å². The molecular weight excluding hydrogens is 429 g/mol. The maximum absolute atomic E-state index is 12.6. The lowest BCUT2D eigenvalue weighted by Gasteiger charge is -2.25. The van der Waals surface area contributed by atoms with Crippen molar-refractivity contribution in [2.24, 2.45) is 0 Å². The number of hydrogen-bond donors (Lipinski definition) is 1. The molecule has 0 saturated carbocycles. The van der Waals surface area contributed by atoms with Gasteiger partial charge in [-0.15, -0.1) is 0 Å². The van der Waals surface area contributed by atoms with Crippen LogP contribution in [-0.2, 0) is 14.8 Å². The van der Waals surface area contributed by atoms with E-state index in [0.717, 1.165) is 28.4 Å². The van der Waals surface area contributed by atoms with Gasteiger partial charge in [-0.25, -0.2) is 13.4 Å². The monoisotopic (exact) mass is 443 g/mol. The van der Waals surface area contributed by atoms with Crippen molar-refractivity contribution in [1.29, 1.82) is 0 Å². The van der Waals surface area contributed by atoms with E-state index < -0.39 is 10.0 Å². The van der Waals surface area contributed by atoms with E-state index in [1.165, 1.54) is 29.5 Å². The Kier molecular flexibility index (Phi) is 5.17. The molecule has 1 aliphatic heterocycles. The molecule has 0 spiro atoms. The number of halogens is 2. The number of benzene rings is 2. The van der Waals surface area contributed by atoms with Crippen molar-refractivity contribution in [3.63, 3.8) is 0 Å². The largest absolute Gasteiger partial charge is 0.378 e. The number of anilines is 2. The smallest absolute Gasteiger partial charge is 0.261 e. The third-order valence-corrected chi connectivity index (χ3v) is 7.31. The van der Waals surface area contributed by atoms with Gasteiger partial charge < -0.3 is 9.64 Å². The van der Waals surface area contributed by atoms with E-state index in [1.54, 1.807) is 12.1 Å². The predicted octanol–water partition coefficient (Wildman–Crippen LogP) is 4.24. The second-order valence-electron chi connectivity index (χ2n) is 5.96. The lowest BCUT2D eigenvalue weighted by Crippen LogP contribution is -2.36. The second-order valence-corrected chi connectivity index (χ2v) is 9.47. The standard InChI is InChI=1S/C17H15Cl2N3O3S2/c18-13-3-2-12(10-14(13)19)27(23,24)21-11-1-4-15-16(9-11)26-17(20-15)22-5-7-25-8-6-22/h1-4,9-10,21H,5-8H2. The average molecular weight is 444 g/mol. The number of fused-ring (bicyclic) bond motifs is 1. The van der Waals surface area contributed by atoms with Gasteiger partial charge in [0, 0.05) is 13.1 Å². The van der Waals surface area contributed by atoms with Gasteiger partial charge in [0.15, 0.2) is 5.13 Å². The number of aromatic nitrogens is 1. The van der Waals surface area contributed by atoms with Crippen LogP contribution in [0.15, 0.2) is 41.3 Å². The van der Waals surface area contributed by atoms with Gasteiger partial charge in [-0.05, 0) is 36.4 Å². The van der Waals surface area contributed by atoms with Crippen LogP contribution in [0.3, 0.4) is 0 Å². The zero-order valence-corrected chi connectivity index (χ0v) is 17.1. The molecule has 27 heavy (non-hydrogen) atoms. The Bertz CT molecular complexity index is 1100. The van der Waals surface area contributed by atoms with E-state index in [-0.39, 0.29) is 9.92 Å². The Balaban J connectivity index is 1.60. The first-order valence-electron chi connectivity index (χ1n) is 8.13. The van der Waals surface area contributed by atoms with Crippen molar-refractivity contribution in [3.8, 4) is 0 Å². The number of nitrogens with one attached hydrogen (secondary N) is 1. The SMILES string of the molecule is O=S(=O)(Nc1ccc2nc(N3CCOCC3)sc2c1)c1ccc(Cl)c(Cl)c1. The predicted molar refractivity (Wildman–Crippen MR) is 110 cm³/mol. The molecule has 10 heteroatoms. The summed E-state index contributed by atoms with van der Waals surface area (Å²) in [6.45, 7) is 2.97. The lowest BCUT2D eigenvalue weighted by atomic mass is 10.3. The summed E-state index contributed by atoms with van der Waals surface area (Å²) in [6, 6.07) is 9.49. The van der Waals surface area contributed by atoms with Crippen LogP contribution < -0.4 is 9.62 Å². The highest BCUT2D eigenvalue weighted by Crippen LogP contribution is 2.32. The molecular formula is C17H15Cl2N3O3S2. The van der Waals surface area contributed by atoms with Crippen molar-refractivity contribution < 1.29 is 13.2 Å². The fraction of sp³-hybridized carbons (Fsp3) is 0.235. The zero-order valence-electron chi connectivity index (χ0n) is 14.0. The molecule has 6 nitrogen and oxygen atoms in total. The van der Waals surface area contributed by atoms with Crippen molar-refractivity contribution >= 4 is 65.6 Å². The van der Waals surface area contributed by atoms with Gasteiger partial charge >= 0.3 is 0 Å². The summed E-state index contributed by atoms with van der Waals surface area (Å²) in [6.07, 6.45) is 0. The Hall–Kier alpha value is -1.58. The van der Waals surface area contributed by atoms with Crippen molar-refractivity contribution in [2.75, 3.05) is 35.9 Å². The summed E-state index contributed by atoms with van der Waals surface area (Å²) < 4.78 is 34.1. The summed E-state index contributed by atoms with van der Waals surface area (Å²) in [7, 11) is -3.77. The summed E-state index contributed by atoms with van der Waals surface area (Å²) >= 11 is 13.3. The summed E-state index contributed by atoms with van der Waals surface area (Å²) in [5.74, 6) is 0. The van der Waals surface area contributed by atoms with Gasteiger partial charge in [0.2, 0.25) is 0 Å². The molecule has 0 amide bonds. The number of hydrogen-bond acceptors (Lipinski definition) is 6.